The van der Waals surface area contributed by atoms with E-state index in [1.807, 2.05) is 38.2 Å². The van der Waals surface area contributed by atoms with E-state index in [9.17, 15) is 4.21 Å². The number of rotatable bonds is 5. The molecule has 0 aliphatic heterocycles. The van der Waals surface area contributed by atoms with Crippen LogP contribution in [0.2, 0.25) is 0 Å². The molecule has 2 atom stereocenters. The number of hydrogen-bond donors (Lipinski definition) is 1. The summed E-state index contributed by atoms with van der Waals surface area (Å²) in [6.07, 6.45) is 2.58. The van der Waals surface area contributed by atoms with Gasteiger partial charge in [-0.1, -0.05) is 25.1 Å². The summed E-state index contributed by atoms with van der Waals surface area (Å²) in [4.78, 5) is 4.39. The lowest BCUT2D eigenvalue weighted by molar-refractivity contribution is 0.403. The first-order valence-electron chi connectivity index (χ1n) is 6.94. The zero-order valence-corrected chi connectivity index (χ0v) is 13.7. The predicted octanol–water partition coefficient (Wildman–Crippen LogP) is 3.14. The van der Waals surface area contributed by atoms with E-state index in [2.05, 4.69) is 18.0 Å². The van der Waals surface area contributed by atoms with Crippen LogP contribution < -0.4 is 9.88 Å². The average Bonchev–Trinajstić information content (AvgIpc) is 2.45. The maximum atomic E-state index is 11.6. The van der Waals surface area contributed by atoms with E-state index < -0.39 is 15.7 Å². The molecule has 2 N–H and O–H groups in total. The minimum Gasteiger partial charge on any atom is -0.481 e. The van der Waals surface area contributed by atoms with Gasteiger partial charge in [0, 0.05) is 11.6 Å². The Hall–Kier alpha value is -1.46. The van der Waals surface area contributed by atoms with Crippen LogP contribution in [-0.4, -0.2) is 21.0 Å². The average molecular weight is 306 g/mol. The van der Waals surface area contributed by atoms with Gasteiger partial charge in [0.2, 0.25) is 5.88 Å². The highest BCUT2D eigenvalue weighted by molar-refractivity contribution is 7.84. The van der Waals surface area contributed by atoms with Crippen LogP contribution in [0.5, 0.6) is 5.88 Å². The minimum absolute atomic E-state index is 0.204. The smallest absolute Gasteiger partial charge is 0.221 e. The van der Waals surface area contributed by atoms with E-state index in [1.54, 1.807) is 7.11 Å². The van der Waals surface area contributed by atoms with Crippen molar-refractivity contribution >= 4 is 21.8 Å². The third-order valence-electron chi connectivity index (χ3n) is 3.86. The summed E-state index contributed by atoms with van der Waals surface area (Å²) in [5, 5.41) is 7.71. The lowest BCUT2D eigenvalue weighted by Crippen LogP contribution is -2.33. The first-order chi connectivity index (χ1) is 9.86. The van der Waals surface area contributed by atoms with E-state index >= 15 is 0 Å². The third-order valence-corrected chi connectivity index (χ3v) is 5.11. The molecular weight excluding hydrogens is 284 g/mol. The highest BCUT2D eigenvalue weighted by Crippen LogP contribution is 2.34. The molecule has 0 spiro atoms. The van der Waals surface area contributed by atoms with Gasteiger partial charge in [-0.25, -0.2) is 9.19 Å². The molecule has 114 valence electrons. The van der Waals surface area contributed by atoms with Crippen molar-refractivity contribution in [3.8, 4) is 5.88 Å². The summed E-state index contributed by atoms with van der Waals surface area (Å²) in [7, 11) is 0.268. The Kier molecular flexibility index (Phi) is 4.64. The molecule has 0 aliphatic rings. The van der Waals surface area contributed by atoms with Crippen LogP contribution in [0.1, 0.15) is 38.7 Å². The van der Waals surface area contributed by atoms with E-state index in [4.69, 9.17) is 9.88 Å². The minimum atomic E-state index is -1.36. The van der Waals surface area contributed by atoms with Crippen LogP contribution in [0.15, 0.2) is 30.5 Å². The molecule has 0 aliphatic carbocycles. The van der Waals surface area contributed by atoms with E-state index in [1.165, 1.54) is 0 Å². The summed E-state index contributed by atoms with van der Waals surface area (Å²) in [5.41, 5.74) is 1.13. The molecule has 5 heteroatoms. The van der Waals surface area contributed by atoms with Gasteiger partial charge in [0.05, 0.1) is 22.8 Å². The molecule has 0 fully saturated rings. The monoisotopic (exact) mass is 306 g/mol. The van der Waals surface area contributed by atoms with Gasteiger partial charge in [-0.2, -0.15) is 0 Å². The quantitative estimate of drug-likeness (QED) is 0.923. The number of hydrogen-bond acceptors (Lipinski definition) is 3. The van der Waals surface area contributed by atoms with Gasteiger partial charge < -0.3 is 4.74 Å². The Morgan fingerprint density at radius 3 is 2.52 bits per heavy atom. The Morgan fingerprint density at radius 2 is 1.95 bits per heavy atom. The summed E-state index contributed by atoms with van der Waals surface area (Å²) in [6, 6.07) is 8.05. The second kappa shape index (κ2) is 6.12. The van der Waals surface area contributed by atoms with Crippen molar-refractivity contribution in [3.63, 3.8) is 0 Å². The van der Waals surface area contributed by atoms with Crippen LogP contribution in [0.4, 0.5) is 0 Å². The number of methoxy groups -OCH3 is 1. The molecule has 0 radical (unpaired) electrons. The van der Waals surface area contributed by atoms with Gasteiger partial charge >= 0.3 is 0 Å². The second-order valence-corrected chi connectivity index (χ2v) is 7.63. The first kappa shape index (κ1) is 15.9. The molecule has 0 amide bonds. The van der Waals surface area contributed by atoms with Gasteiger partial charge in [-0.05, 0) is 43.2 Å². The van der Waals surface area contributed by atoms with E-state index in [0.717, 1.165) is 22.8 Å². The van der Waals surface area contributed by atoms with Crippen molar-refractivity contribution in [2.75, 3.05) is 7.11 Å². The Labute approximate surface area is 128 Å². The summed E-state index contributed by atoms with van der Waals surface area (Å²) in [5.74, 6) is 0.832. The Morgan fingerprint density at radius 1 is 1.33 bits per heavy atom. The van der Waals surface area contributed by atoms with Crippen molar-refractivity contribution in [2.45, 2.75) is 37.9 Å². The predicted molar refractivity (Wildman–Crippen MR) is 87.7 cm³/mol. The standard InChI is InChI=1S/C16H22N2O2S/c1-11(9-16(2,3)21(17)19)14-10-18-15(20-4)13-8-6-5-7-12(13)14/h5-8,10-11H,9,17H2,1-4H3/t11-,21?/m1/s1. The normalized spacial score (nSPS) is 14.9. The van der Waals surface area contributed by atoms with Gasteiger partial charge in [-0.3, -0.25) is 5.14 Å². The second-order valence-electron chi connectivity index (χ2n) is 5.93. The SMILES string of the molecule is COc1ncc([C@H](C)CC(C)(C)S(N)=O)c2ccccc12. The van der Waals surface area contributed by atoms with Crippen molar-refractivity contribution in [2.24, 2.45) is 5.14 Å². The number of ether oxygens (including phenoxy) is 1. The van der Waals surface area contributed by atoms with Crippen LogP contribution >= 0.6 is 0 Å². The molecule has 1 unspecified atom stereocenters. The molecule has 21 heavy (non-hydrogen) atoms. The molecule has 2 rings (SSSR count). The molecule has 1 aromatic heterocycles. The molecular formula is C16H22N2O2S. The van der Waals surface area contributed by atoms with Gasteiger partial charge in [0.25, 0.3) is 0 Å². The van der Waals surface area contributed by atoms with Crippen molar-refractivity contribution in [1.82, 2.24) is 4.98 Å². The van der Waals surface area contributed by atoms with E-state index in [0.29, 0.717) is 5.88 Å². The topological polar surface area (TPSA) is 65.2 Å². The Balaban J connectivity index is 2.45. The lowest BCUT2D eigenvalue weighted by Gasteiger charge is -2.26. The summed E-state index contributed by atoms with van der Waals surface area (Å²) < 4.78 is 16.5. The van der Waals surface area contributed by atoms with E-state index in [-0.39, 0.29) is 5.92 Å². The fourth-order valence-electron chi connectivity index (χ4n) is 2.67. The molecule has 1 aromatic carbocycles. The first-order valence-corrected chi connectivity index (χ1v) is 8.16. The number of aromatic nitrogens is 1. The van der Waals surface area contributed by atoms with Crippen LogP contribution in [0.3, 0.4) is 0 Å². The molecule has 0 bridgehead atoms. The summed E-state index contributed by atoms with van der Waals surface area (Å²) in [6.45, 7) is 5.97. The van der Waals surface area contributed by atoms with Gasteiger partial charge in [-0.15, -0.1) is 0 Å². The lowest BCUT2D eigenvalue weighted by atomic mass is 9.89. The number of pyridine rings is 1. The van der Waals surface area contributed by atoms with Gasteiger partial charge in [0.15, 0.2) is 0 Å². The molecule has 0 saturated carbocycles. The maximum absolute atomic E-state index is 11.6. The third kappa shape index (κ3) is 3.24. The fourth-order valence-corrected chi connectivity index (χ4v) is 3.09. The van der Waals surface area contributed by atoms with Gasteiger partial charge in [0.1, 0.15) is 0 Å². The number of nitrogens with two attached hydrogens (primary N) is 1. The van der Waals surface area contributed by atoms with Crippen molar-refractivity contribution in [1.29, 1.82) is 0 Å². The zero-order chi connectivity index (χ0) is 15.6. The number of benzene rings is 1. The highest BCUT2D eigenvalue weighted by atomic mass is 32.2. The van der Waals surface area contributed by atoms with Crippen molar-refractivity contribution in [3.05, 3.63) is 36.0 Å². The summed E-state index contributed by atoms with van der Waals surface area (Å²) >= 11 is 0. The highest BCUT2D eigenvalue weighted by Gasteiger charge is 2.27. The number of nitrogens with zero attached hydrogens (tertiary/aromatic N) is 1. The maximum Gasteiger partial charge on any atom is 0.221 e. The van der Waals surface area contributed by atoms with Crippen LogP contribution in [0.25, 0.3) is 10.8 Å². The molecule has 2 aromatic rings. The zero-order valence-electron chi connectivity index (χ0n) is 12.9. The van der Waals surface area contributed by atoms with Crippen LogP contribution in [-0.2, 0) is 11.0 Å². The Bertz CT molecular complexity index is 670. The molecule has 1 heterocycles. The molecule has 0 saturated heterocycles. The number of fused-ring (bicyclic) bond motifs is 1. The molecule has 4 nitrogen and oxygen atoms in total. The fraction of sp³-hybridized carbons (Fsp3) is 0.438. The largest absolute Gasteiger partial charge is 0.481 e. The van der Waals surface area contributed by atoms with Crippen molar-refractivity contribution < 1.29 is 8.95 Å². The van der Waals surface area contributed by atoms with Crippen LogP contribution in [0, 0.1) is 0 Å².